The highest BCUT2D eigenvalue weighted by atomic mass is 32.2. The van der Waals surface area contributed by atoms with Gasteiger partial charge in [0.05, 0.1) is 19.1 Å². The first-order valence-corrected chi connectivity index (χ1v) is 11.5. The maximum Gasteiger partial charge on any atom is 0.305 e. The number of aliphatic hydroxyl groups excluding tert-OH is 1. The molecule has 0 rings (SSSR count). The van der Waals surface area contributed by atoms with Gasteiger partial charge in [0.2, 0.25) is 23.6 Å². The van der Waals surface area contributed by atoms with Crippen LogP contribution in [0.2, 0.25) is 0 Å². The van der Waals surface area contributed by atoms with Crippen molar-refractivity contribution in [1.29, 1.82) is 0 Å². The van der Waals surface area contributed by atoms with Crippen molar-refractivity contribution in [3.8, 4) is 0 Å². The van der Waals surface area contributed by atoms with Crippen molar-refractivity contribution in [3.05, 3.63) is 0 Å². The van der Waals surface area contributed by atoms with Crippen LogP contribution in [0.1, 0.15) is 32.6 Å². The van der Waals surface area contributed by atoms with Crippen molar-refractivity contribution in [2.75, 3.05) is 18.6 Å². The van der Waals surface area contributed by atoms with E-state index in [0.717, 1.165) is 6.92 Å². The molecule has 15 heteroatoms. The minimum Gasteiger partial charge on any atom is -0.481 e. The van der Waals surface area contributed by atoms with Gasteiger partial charge in [0.1, 0.15) is 24.4 Å². The predicted molar refractivity (Wildman–Crippen MR) is 119 cm³/mol. The van der Waals surface area contributed by atoms with Crippen LogP contribution < -0.4 is 21.3 Å². The number of carboxylic acid groups (broad SMARTS) is 2. The number of aldehydes is 1. The summed E-state index contributed by atoms with van der Waals surface area (Å²) in [6.07, 6.45) is 0.710. The lowest BCUT2D eigenvalue weighted by molar-refractivity contribution is -0.139. The molecule has 192 valence electrons. The number of carbonyl (C=O) groups is 7. The summed E-state index contributed by atoms with van der Waals surface area (Å²) >= 11 is 1.35. The monoisotopic (exact) mass is 506 g/mol. The number of rotatable bonds is 17. The number of amides is 4. The summed E-state index contributed by atoms with van der Waals surface area (Å²) in [6, 6.07) is -5.35. The summed E-state index contributed by atoms with van der Waals surface area (Å²) < 4.78 is 0. The molecule has 14 nitrogen and oxygen atoms in total. The Morgan fingerprint density at radius 1 is 0.824 bits per heavy atom. The van der Waals surface area contributed by atoms with Gasteiger partial charge in [-0.1, -0.05) is 0 Å². The summed E-state index contributed by atoms with van der Waals surface area (Å²) in [5.74, 6) is -5.45. The van der Waals surface area contributed by atoms with Crippen LogP contribution in [0.4, 0.5) is 0 Å². The Kier molecular flexibility index (Phi) is 14.9. The topological polar surface area (TPSA) is 228 Å². The molecule has 0 aliphatic rings. The Morgan fingerprint density at radius 2 is 1.35 bits per heavy atom. The van der Waals surface area contributed by atoms with Crippen molar-refractivity contribution in [1.82, 2.24) is 21.3 Å². The van der Waals surface area contributed by atoms with Crippen LogP contribution in [-0.2, 0) is 33.6 Å². The van der Waals surface area contributed by atoms with Gasteiger partial charge < -0.3 is 41.4 Å². The normalized spacial score (nSPS) is 14.0. The average Bonchev–Trinajstić information content (AvgIpc) is 2.75. The van der Waals surface area contributed by atoms with Crippen molar-refractivity contribution >= 4 is 53.6 Å². The second kappa shape index (κ2) is 16.4. The zero-order valence-corrected chi connectivity index (χ0v) is 19.6. The second-order valence-electron chi connectivity index (χ2n) is 7.12. The van der Waals surface area contributed by atoms with Gasteiger partial charge in [0.25, 0.3) is 0 Å². The van der Waals surface area contributed by atoms with Crippen molar-refractivity contribution in [3.63, 3.8) is 0 Å². The number of aliphatic hydroxyl groups is 1. The lowest BCUT2D eigenvalue weighted by Gasteiger charge is -2.24. The van der Waals surface area contributed by atoms with Gasteiger partial charge in [-0.15, -0.1) is 0 Å². The Hall–Kier alpha value is -3.20. The Labute approximate surface area is 199 Å². The van der Waals surface area contributed by atoms with Crippen LogP contribution in [0.15, 0.2) is 0 Å². The maximum absolute atomic E-state index is 12.6. The first kappa shape index (κ1) is 30.8. The third kappa shape index (κ3) is 12.7. The fourth-order valence-electron chi connectivity index (χ4n) is 2.63. The minimum absolute atomic E-state index is 0.0939. The molecule has 0 aliphatic heterocycles. The summed E-state index contributed by atoms with van der Waals surface area (Å²) in [4.78, 5) is 81.5. The molecule has 34 heavy (non-hydrogen) atoms. The van der Waals surface area contributed by atoms with E-state index in [1.54, 1.807) is 6.26 Å². The van der Waals surface area contributed by atoms with E-state index in [0.29, 0.717) is 5.75 Å². The molecule has 7 N–H and O–H groups in total. The number of hydrogen-bond acceptors (Lipinski definition) is 9. The first-order valence-electron chi connectivity index (χ1n) is 10.1. The molecule has 0 saturated heterocycles. The molecule has 0 spiro atoms. The zero-order valence-electron chi connectivity index (χ0n) is 18.7. The molecule has 0 aromatic heterocycles. The largest absolute Gasteiger partial charge is 0.481 e. The van der Waals surface area contributed by atoms with Gasteiger partial charge in [-0.2, -0.15) is 11.8 Å². The molecule has 0 radical (unpaired) electrons. The predicted octanol–water partition coefficient (Wildman–Crippen LogP) is -2.77. The molecular formula is C19H30N4O10S. The van der Waals surface area contributed by atoms with E-state index in [4.69, 9.17) is 10.2 Å². The Morgan fingerprint density at radius 3 is 1.82 bits per heavy atom. The smallest absolute Gasteiger partial charge is 0.305 e. The highest BCUT2D eigenvalue weighted by Crippen LogP contribution is 2.04. The molecule has 0 unspecified atom stereocenters. The molecule has 4 amide bonds. The van der Waals surface area contributed by atoms with E-state index >= 15 is 0 Å². The van der Waals surface area contributed by atoms with Crippen LogP contribution in [0, 0.1) is 0 Å². The highest BCUT2D eigenvalue weighted by molar-refractivity contribution is 7.98. The van der Waals surface area contributed by atoms with Gasteiger partial charge in [-0.25, -0.2) is 0 Å². The van der Waals surface area contributed by atoms with E-state index < -0.39 is 79.2 Å². The average molecular weight is 507 g/mol. The SMILES string of the molecule is CSCC[C@H](NC(=O)[C@H](CO)NC(=O)[C@@H](CCC(=O)O)NC(C)=O)C(=O)N[C@H](C=O)CC(=O)O. The Bertz CT molecular complexity index is 763. The summed E-state index contributed by atoms with van der Waals surface area (Å²) in [5.41, 5.74) is 0. The van der Waals surface area contributed by atoms with Crippen LogP contribution in [0.25, 0.3) is 0 Å². The number of hydrogen-bond donors (Lipinski definition) is 7. The number of carbonyl (C=O) groups excluding carboxylic acids is 5. The first-order chi connectivity index (χ1) is 15.9. The van der Waals surface area contributed by atoms with E-state index in [-0.39, 0.29) is 19.1 Å². The second-order valence-corrected chi connectivity index (χ2v) is 8.11. The highest BCUT2D eigenvalue weighted by Gasteiger charge is 2.30. The van der Waals surface area contributed by atoms with Gasteiger partial charge in [-0.05, 0) is 24.9 Å². The van der Waals surface area contributed by atoms with Crippen LogP contribution in [0.3, 0.4) is 0 Å². The van der Waals surface area contributed by atoms with Crippen molar-refractivity contribution in [2.24, 2.45) is 0 Å². The van der Waals surface area contributed by atoms with Crippen LogP contribution in [0.5, 0.6) is 0 Å². The van der Waals surface area contributed by atoms with Gasteiger partial charge >= 0.3 is 11.9 Å². The van der Waals surface area contributed by atoms with E-state index in [1.807, 2.05) is 0 Å². The Balaban J connectivity index is 5.34. The quantitative estimate of drug-likeness (QED) is 0.0998. The minimum atomic E-state index is -1.54. The van der Waals surface area contributed by atoms with Crippen molar-refractivity contribution < 1.29 is 48.9 Å². The van der Waals surface area contributed by atoms with E-state index in [9.17, 15) is 38.7 Å². The fraction of sp³-hybridized carbons (Fsp3) is 0.632. The molecule has 0 fully saturated rings. The summed E-state index contributed by atoms with van der Waals surface area (Å²) in [7, 11) is 0. The molecule has 0 heterocycles. The van der Waals surface area contributed by atoms with Crippen LogP contribution >= 0.6 is 11.8 Å². The molecular weight excluding hydrogens is 476 g/mol. The molecule has 0 saturated carbocycles. The molecule has 0 aliphatic carbocycles. The lowest BCUT2D eigenvalue weighted by Crippen LogP contribution is -2.58. The molecule has 0 aromatic rings. The van der Waals surface area contributed by atoms with E-state index in [2.05, 4.69) is 21.3 Å². The number of aliphatic carboxylic acids is 2. The van der Waals surface area contributed by atoms with Gasteiger partial charge in [0, 0.05) is 13.3 Å². The number of nitrogens with one attached hydrogen (secondary N) is 4. The number of carboxylic acids is 2. The lowest BCUT2D eigenvalue weighted by atomic mass is 10.1. The third-order valence-corrected chi connectivity index (χ3v) is 4.93. The number of thioether (sulfide) groups is 1. The maximum atomic E-state index is 12.6. The van der Waals surface area contributed by atoms with Gasteiger partial charge in [-0.3, -0.25) is 28.8 Å². The summed E-state index contributed by atoms with van der Waals surface area (Å²) in [6.45, 7) is 0.235. The summed E-state index contributed by atoms with van der Waals surface area (Å²) in [5, 5.41) is 36.2. The molecule has 0 bridgehead atoms. The van der Waals surface area contributed by atoms with Crippen molar-refractivity contribution in [2.45, 2.75) is 56.8 Å². The zero-order chi connectivity index (χ0) is 26.3. The van der Waals surface area contributed by atoms with Crippen LogP contribution in [-0.4, -0.2) is 100.0 Å². The standard InChI is InChI=1S/C19H30N4O10S/c1-10(26)20-12(3-4-15(27)28)18(32)23-14(9-25)19(33)22-13(5-6-34-2)17(31)21-11(8-24)7-16(29)30/h8,11-14,25H,3-7,9H2,1-2H3,(H,20,26)(H,21,31)(H,22,33)(H,23,32)(H,27,28)(H,29,30)/t11-,12+,13-,14-/m0/s1. The van der Waals surface area contributed by atoms with E-state index in [1.165, 1.54) is 11.8 Å². The third-order valence-electron chi connectivity index (χ3n) is 4.29. The van der Waals surface area contributed by atoms with Gasteiger partial charge in [0.15, 0.2) is 0 Å². The molecule has 0 aromatic carbocycles. The fourth-order valence-corrected chi connectivity index (χ4v) is 3.10. The molecule has 4 atom stereocenters.